The van der Waals surface area contributed by atoms with Crippen molar-refractivity contribution in [3.63, 3.8) is 0 Å². The molecule has 1 aromatic carbocycles. The van der Waals surface area contributed by atoms with E-state index >= 15 is 0 Å². The van der Waals surface area contributed by atoms with Gasteiger partial charge in [-0.3, -0.25) is 4.79 Å². The van der Waals surface area contributed by atoms with Crippen LogP contribution < -0.4 is 11.1 Å². The molecule has 2 rings (SSSR count). The van der Waals surface area contributed by atoms with E-state index in [0.29, 0.717) is 6.54 Å². The normalized spacial score (nSPS) is 17.5. The standard InChI is InChI=1S/C13H17ClN2O.ClH/c1-9(15)12(17)16-8-13(6-7-13)10-2-4-11(14)5-3-10;/h2-5,9H,6-8,15H2,1H3,(H,16,17);1H/t9-;/m1./s1. The molecule has 18 heavy (non-hydrogen) atoms. The highest BCUT2D eigenvalue weighted by molar-refractivity contribution is 6.30. The quantitative estimate of drug-likeness (QED) is 0.893. The Morgan fingerprint density at radius 3 is 2.44 bits per heavy atom. The highest BCUT2D eigenvalue weighted by Gasteiger charge is 2.44. The zero-order chi connectivity index (χ0) is 12.5. The van der Waals surface area contributed by atoms with Crippen LogP contribution in [0.5, 0.6) is 0 Å². The Bertz CT molecular complexity index is 414. The molecule has 1 aromatic rings. The fourth-order valence-electron chi connectivity index (χ4n) is 1.94. The second-order valence-electron chi connectivity index (χ2n) is 4.79. The topological polar surface area (TPSA) is 55.1 Å². The van der Waals surface area contributed by atoms with Crippen molar-refractivity contribution in [1.29, 1.82) is 0 Å². The van der Waals surface area contributed by atoms with Gasteiger partial charge in [-0.15, -0.1) is 12.4 Å². The summed E-state index contributed by atoms with van der Waals surface area (Å²) in [4.78, 5) is 11.4. The number of nitrogens with one attached hydrogen (secondary N) is 1. The molecule has 0 bridgehead atoms. The lowest BCUT2D eigenvalue weighted by molar-refractivity contribution is -0.122. The SMILES string of the molecule is C[C@@H](N)C(=O)NCC1(c2ccc(Cl)cc2)CC1.Cl. The lowest BCUT2D eigenvalue weighted by Crippen LogP contribution is -2.41. The maximum absolute atomic E-state index is 11.4. The highest BCUT2D eigenvalue weighted by Crippen LogP contribution is 2.47. The molecule has 0 spiro atoms. The molecule has 1 aliphatic rings. The van der Waals surface area contributed by atoms with Crippen LogP contribution in [-0.2, 0) is 10.2 Å². The van der Waals surface area contributed by atoms with Gasteiger partial charge in [-0.1, -0.05) is 23.7 Å². The van der Waals surface area contributed by atoms with Crippen molar-refractivity contribution >= 4 is 29.9 Å². The molecule has 0 aromatic heterocycles. The molecule has 0 aliphatic heterocycles. The van der Waals surface area contributed by atoms with Crippen LogP contribution in [0.25, 0.3) is 0 Å². The Kier molecular flexibility index (Phi) is 5.02. The van der Waals surface area contributed by atoms with E-state index in [1.54, 1.807) is 6.92 Å². The van der Waals surface area contributed by atoms with Crippen LogP contribution in [-0.4, -0.2) is 18.5 Å². The molecule has 0 unspecified atom stereocenters. The fraction of sp³-hybridized carbons (Fsp3) is 0.462. The molecular formula is C13H18Cl2N2O. The molecule has 100 valence electrons. The van der Waals surface area contributed by atoms with E-state index in [2.05, 4.69) is 5.32 Å². The van der Waals surface area contributed by atoms with Crippen molar-refractivity contribution < 1.29 is 4.79 Å². The lowest BCUT2D eigenvalue weighted by atomic mass is 9.96. The number of rotatable bonds is 4. The number of hydrogen-bond donors (Lipinski definition) is 2. The summed E-state index contributed by atoms with van der Waals surface area (Å²) >= 11 is 5.86. The molecule has 3 N–H and O–H groups in total. The molecular weight excluding hydrogens is 271 g/mol. The molecule has 0 saturated heterocycles. The summed E-state index contributed by atoms with van der Waals surface area (Å²) in [7, 11) is 0. The minimum atomic E-state index is -0.448. The zero-order valence-electron chi connectivity index (χ0n) is 10.3. The van der Waals surface area contributed by atoms with E-state index in [1.807, 2.05) is 24.3 Å². The summed E-state index contributed by atoms with van der Waals surface area (Å²) in [5, 5.41) is 3.64. The van der Waals surface area contributed by atoms with Gasteiger partial charge >= 0.3 is 0 Å². The average Bonchev–Trinajstić information content (AvgIpc) is 3.08. The van der Waals surface area contributed by atoms with Crippen molar-refractivity contribution in [3.05, 3.63) is 34.9 Å². The van der Waals surface area contributed by atoms with Gasteiger partial charge in [0.05, 0.1) is 6.04 Å². The van der Waals surface area contributed by atoms with Gasteiger partial charge in [-0.2, -0.15) is 0 Å². The maximum atomic E-state index is 11.4. The molecule has 1 atom stereocenters. The maximum Gasteiger partial charge on any atom is 0.236 e. The van der Waals surface area contributed by atoms with Gasteiger partial charge in [0.15, 0.2) is 0 Å². The number of halogens is 2. The van der Waals surface area contributed by atoms with Gasteiger partial charge in [0, 0.05) is 17.0 Å². The number of carbonyl (C=O) groups is 1. The third kappa shape index (κ3) is 3.37. The van der Waals surface area contributed by atoms with Crippen LogP contribution >= 0.6 is 24.0 Å². The Balaban J connectivity index is 0.00000162. The van der Waals surface area contributed by atoms with Crippen molar-refractivity contribution in [3.8, 4) is 0 Å². The van der Waals surface area contributed by atoms with Gasteiger partial charge in [0.2, 0.25) is 5.91 Å². The molecule has 1 fully saturated rings. The van der Waals surface area contributed by atoms with Gasteiger partial charge in [-0.25, -0.2) is 0 Å². The van der Waals surface area contributed by atoms with Crippen LogP contribution in [0.2, 0.25) is 5.02 Å². The van der Waals surface area contributed by atoms with Crippen LogP contribution in [0.1, 0.15) is 25.3 Å². The molecule has 0 radical (unpaired) electrons. The van der Waals surface area contributed by atoms with Crippen molar-refractivity contribution in [2.24, 2.45) is 5.73 Å². The first-order chi connectivity index (χ1) is 8.03. The summed E-state index contributed by atoms with van der Waals surface area (Å²) in [6.07, 6.45) is 2.21. The van der Waals surface area contributed by atoms with Gasteiger partial charge in [0.1, 0.15) is 0 Å². The number of benzene rings is 1. The smallest absolute Gasteiger partial charge is 0.236 e. The molecule has 5 heteroatoms. The summed E-state index contributed by atoms with van der Waals surface area (Å²) in [6, 6.07) is 7.41. The summed E-state index contributed by atoms with van der Waals surface area (Å²) in [5.41, 5.74) is 6.86. The molecule has 1 saturated carbocycles. The van der Waals surface area contributed by atoms with Crippen LogP contribution in [0, 0.1) is 0 Å². The Morgan fingerprint density at radius 2 is 2.00 bits per heavy atom. The van der Waals surface area contributed by atoms with Gasteiger partial charge in [0.25, 0.3) is 0 Å². The van der Waals surface area contributed by atoms with E-state index in [9.17, 15) is 4.79 Å². The van der Waals surface area contributed by atoms with Crippen molar-refractivity contribution in [2.45, 2.75) is 31.2 Å². The number of hydrogen-bond acceptors (Lipinski definition) is 2. The number of amides is 1. The Morgan fingerprint density at radius 1 is 1.44 bits per heavy atom. The number of carbonyl (C=O) groups excluding carboxylic acids is 1. The zero-order valence-corrected chi connectivity index (χ0v) is 11.9. The van der Waals surface area contributed by atoms with Crippen molar-refractivity contribution in [2.75, 3.05) is 6.54 Å². The molecule has 0 heterocycles. The first-order valence-electron chi connectivity index (χ1n) is 5.83. The van der Waals surface area contributed by atoms with E-state index in [1.165, 1.54) is 5.56 Å². The van der Waals surface area contributed by atoms with E-state index in [-0.39, 0.29) is 23.7 Å². The first kappa shape index (κ1) is 15.3. The summed E-state index contributed by atoms with van der Waals surface area (Å²) < 4.78 is 0. The van der Waals surface area contributed by atoms with Crippen molar-refractivity contribution in [1.82, 2.24) is 5.32 Å². The monoisotopic (exact) mass is 288 g/mol. The van der Waals surface area contributed by atoms with E-state index < -0.39 is 6.04 Å². The largest absolute Gasteiger partial charge is 0.354 e. The third-order valence-electron chi connectivity index (χ3n) is 3.32. The fourth-order valence-corrected chi connectivity index (χ4v) is 2.07. The van der Waals surface area contributed by atoms with Crippen LogP contribution in [0.4, 0.5) is 0 Å². The van der Waals surface area contributed by atoms with Gasteiger partial charge in [-0.05, 0) is 37.5 Å². The molecule has 3 nitrogen and oxygen atoms in total. The second-order valence-corrected chi connectivity index (χ2v) is 5.23. The van der Waals surface area contributed by atoms with Crippen LogP contribution in [0.3, 0.4) is 0 Å². The number of nitrogens with two attached hydrogens (primary N) is 1. The predicted molar refractivity (Wildman–Crippen MR) is 76.3 cm³/mol. The average molecular weight is 289 g/mol. The predicted octanol–water partition coefficient (Wildman–Crippen LogP) is 2.26. The Labute approximate surface area is 118 Å². The molecule has 1 amide bonds. The van der Waals surface area contributed by atoms with Crippen LogP contribution in [0.15, 0.2) is 24.3 Å². The summed E-state index contributed by atoms with van der Waals surface area (Å²) in [6.45, 7) is 2.35. The lowest BCUT2D eigenvalue weighted by Gasteiger charge is -2.17. The van der Waals surface area contributed by atoms with Gasteiger partial charge < -0.3 is 11.1 Å². The molecule has 1 aliphatic carbocycles. The Hall–Kier alpha value is -0.770. The summed E-state index contributed by atoms with van der Waals surface area (Å²) in [5.74, 6) is -0.0924. The minimum absolute atomic E-state index is 0. The highest BCUT2D eigenvalue weighted by atomic mass is 35.5. The second kappa shape index (κ2) is 5.91. The third-order valence-corrected chi connectivity index (χ3v) is 3.58. The van der Waals surface area contributed by atoms with E-state index in [4.69, 9.17) is 17.3 Å². The minimum Gasteiger partial charge on any atom is -0.354 e. The van der Waals surface area contributed by atoms with E-state index in [0.717, 1.165) is 17.9 Å². The first-order valence-corrected chi connectivity index (χ1v) is 6.21.